The molecule has 98 valence electrons. The predicted molar refractivity (Wildman–Crippen MR) is 74.0 cm³/mol. The van der Waals surface area contributed by atoms with Gasteiger partial charge in [0.1, 0.15) is 0 Å². The van der Waals surface area contributed by atoms with E-state index in [0.717, 1.165) is 23.7 Å². The highest BCUT2D eigenvalue weighted by atomic mass is 14.3. The zero-order chi connectivity index (χ0) is 11.5. The lowest BCUT2D eigenvalue weighted by Gasteiger charge is -2.35. The fraction of sp³-hybridized carbons (Fsp3) is 1.00. The molecule has 6 aliphatic rings. The highest BCUT2D eigenvalue weighted by Crippen LogP contribution is 2.40. The molecule has 0 aliphatic heterocycles. The van der Waals surface area contributed by atoms with E-state index in [9.17, 15) is 0 Å². The summed E-state index contributed by atoms with van der Waals surface area (Å²) < 4.78 is 0. The van der Waals surface area contributed by atoms with Gasteiger partial charge in [-0.2, -0.15) is 0 Å². The fourth-order valence-electron chi connectivity index (χ4n) is 4.78. The smallest absolute Gasteiger partial charge is 0.0414 e. The highest BCUT2D eigenvalue weighted by molar-refractivity contribution is 4.79. The van der Waals surface area contributed by atoms with Crippen molar-refractivity contribution in [2.45, 2.75) is 83.5 Å². The summed E-state index contributed by atoms with van der Waals surface area (Å²) in [4.78, 5) is 0. The normalized spacial score (nSPS) is 43.8. The zero-order valence-corrected chi connectivity index (χ0v) is 11.5. The maximum atomic E-state index is 1.56. The van der Waals surface area contributed by atoms with Crippen LogP contribution in [0.15, 0.2) is 0 Å². The van der Waals surface area contributed by atoms with Gasteiger partial charge in [-0.1, -0.05) is 83.5 Å². The van der Waals surface area contributed by atoms with Crippen molar-refractivity contribution in [1.82, 2.24) is 0 Å². The first-order chi connectivity index (χ1) is 8.40. The van der Waals surface area contributed by atoms with Gasteiger partial charge in [-0.15, -0.1) is 0 Å². The number of hydrogen-bond acceptors (Lipinski definition) is 0. The van der Waals surface area contributed by atoms with Gasteiger partial charge in [-0.3, -0.25) is 0 Å². The Labute approximate surface area is 108 Å². The van der Waals surface area contributed by atoms with E-state index in [-0.39, 0.29) is 0 Å². The van der Waals surface area contributed by atoms with Gasteiger partial charge >= 0.3 is 0 Å². The van der Waals surface area contributed by atoms with Crippen LogP contribution in [0.1, 0.15) is 83.5 Å². The van der Waals surface area contributed by atoms with Crippen LogP contribution in [-0.4, -0.2) is 0 Å². The first-order valence-electron chi connectivity index (χ1n) is 8.40. The Morgan fingerprint density at radius 1 is 0.294 bits per heavy atom. The minimum Gasteiger partial charge on any atom is -0.0528 e. The summed E-state index contributed by atoms with van der Waals surface area (Å²) in [6.45, 7) is 0. The molecule has 6 saturated carbocycles. The van der Waals surface area contributed by atoms with Crippen molar-refractivity contribution in [2.75, 3.05) is 0 Å². The lowest BCUT2D eigenvalue weighted by atomic mass is 9.71. The van der Waals surface area contributed by atoms with Crippen LogP contribution >= 0.6 is 0 Å². The Balaban J connectivity index is 0.000000107. The van der Waals surface area contributed by atoms with Gasteiger partial charge in [0.25, 0.3) is 0 Å². The molecule has 0 atom stereocenters. The Kier molecular flexibility index (Phi) is 4.08. The van der Waals surface area contributed by atoms with Crippen molar-refractivity contribution in [3.63, 3.8) is 0 Å². The third kappa shape index (κ3) is 3.26. The Morgan fingerprint density at radius 2 is 0.529 bits per heavy atom. The fourth-order valence-corrected chi connectivity index (χ4v) is 4.78. The van der Waals surface area contributed by atoms with Gasteiger partial charge in [-0.05, 0) is 23.7 Å². The quantitative estimate of drug-likeness (QED) is 0.514. The Bertz CT molecular complexity index is 176. The van der Waals surface area contributed by atoms with Crippen molar-refractivity contribution in [1.29, 1.82) is 0 Å². The molecule has 0 aromatic carbocycles. The van der Waals surface area contributed by atoms with Gasteiger partial charge in [0.15, 0.2) is 0 Å². The molecule has 6 aliphatic carbocycles. The summed E-state index contributed by atoms with van der Waals surface area (Å²) >= 11 is 0. The molecule has 0 heteroatoms. The summed E-state index contributed by atoms with van der Waals surface area (Å²) in [5, 5.41) is 0. The molecule has 0 saturated heterocycles. The predicted octanol–water partition coefficient (Wildman–Crippen LogP) is 5.56. The maximum absolute atomic E-state index is 1.56. The van der Waals surface area contributed by atoms with Gasteiger partial charge < -0.3 is 0 Å². The van der Waals surface area contributed by atoms with E-state index in [1.54, 1.807) is 77.0 Å². The second kappa shape index (κ2) is 5.76. The summed E-state index contributed by atoms with van der Waals surface area (Å²) in [5.74, 6) is 4.59. The molecule has 0 N–H and O–H groups in total. The van der Waals surface area contributed by atoms with Crippen molar-refractivity contribution < 1.29 is 0 Å². The first kappa shape index (κ1) is 12.1. The van der Waals surface area contributed by atoms with E-state index in [4.69, 9.17) is 0 Å². The van der Waals surface area contributed by atoms with Crippen LogP contribution in [0.5, 0.6) is 0 Å². The summed E-state index contributed by atoms with van der Waals surface area (Å²) in [5.41, 5.74) is 0. The van der Waals surface area contributed by atoms with E-state index >= 15 is 0 Å². The van der Waals surface area contributed by atoms with Gasteiger partial charge in [-0.25, -0.2) is 0 Å². The molecule has 0 nitrogen and oxygen atoms in total. The molecule has 0 aromatic heterocycles. The van der Waals surface area contributed by atoms with E-state index in [2.05, 4.69) is 0 Å². The Hall–Kier alpha value is 0. The first-order valence-corrected chi connectivity index (χ1v) is 8.40. The molecule has 4 bridgehead atoms. The second-order valence-electron chi connectivity index (χ2n) is 7.28. The monoisotopic (exact) mass is 234 g/mol. The number of hydrogen-bond donors (Lipinski definition) is 0. The minimum atomic E-state index is 1.14. The average Bonchev–Trinajstić information content (AvgIpc) is 2.79. The van der Waals surface area contributed by atoms with E-state index in [1.807, 2.05) is 0 Å². The molecule has 0 spiro atoms. The molecule has 6 rings (SSSR count). The van der Waals surface area contributed by atoms with Crippen molar-refractivity contribution in [3.8, 4) is 0 Å². The maximum Gasteiger partial charge on any atom is -0.0414 e. The molecule has 6 fully saturated rings. The van der Waals surface area contributed by atoms with Crippen molar-refractivity contribution in [2.24, 2.45) is 23.7 Å². The summed E-state index contributed by atoms with van der Waals surface area (Å²) in [6, 6.07) is 0. The molecule has 0 amide bonds. The lowest BCUT2D eigenvalue weighted by Crippen LogP contribution is -2.21. The van der Waals surface area contributed by atoms with Crippen molar-refractivity contribution in [3.05, 3.63) is 0 Å². The number of rotatable bonds is 0. The molecule has 0 heterocycles. The van der Waals surface area contributed by atoms with Gasteiger partial charge in [0.2, 0.25) is 0 Å². The van der Waals surface area contributed by atoms with Crippen LogP contribution < -0.4 is 0 Å². The van der Waals surface area contributed by atoms with E-state index < -0.39 is 0 Å². The molecule has 17 heavy (non-hydrogen) atoms. The topological polar surface area (TPSA) is 0 Å². The average molecular weight is 234 g/mol. The SMILES string of the molecule is C1CC2CCC(C1)CC2.C1CC2CCC1CC2. The summed E-state index contributed by atoms with van der Waals surface area (Å²) in [6.07, 6.45) is 20.2. The largest absolute Gasteiger partial charge is 0.0528 e. The van der Waals surface area contributed by atoms with Crippen LogP contribution in [0.2, 0.25) is 0 Å². The van der Waals surface area contributed by atoms with E-state index in [1.165, 1.54) is 6.42 Å². The molecule has 0 unspecified atom stereocenters. The second-order valence-corrected chi connectivity index (χ2v) is 7.28. The van der Waals surface area contributed by atoms with Gasteiger partial charge in [0.05, 0.1) is 0 Å². The van der Waals surface area contributed by atoms with Crippen LogP contribution in [0.3, 0.4) is 0 Å². The van der Waals surface area contributed by atoms with Crippen LogP contribution in [0.4, 0.5) is 0 Å². The van der Waals surface area contributed by atoms with Crippen LogP contribution in [-0.2, 0) is 0 Å². The number of fused-ring (bicyclic) bond motifs is 7. The third-order valence-corrected chi connectivity index (χ3v) is 6.14. The molecule has 0 aromatic rings. The van der Waals surface area contributed by atoms with Crippen LogP contribution in [0.25, 0.3) is 0 Å². The standard InChI is InChI=1S/C9H16.C8H14/c1-2-8-4-6-9(3-1)7-5-8;1-2-8-5-3-7(1)4-6-8/h8-9H,1-7H2;7-8H,1-6H2. The van der Waals surface area contributed by atoms with Gasteiger partial charge in [0, 0.05) is 0 Å². The lowest BCUT2D eigenvalue weighted by molar-refractivity contribution is 0.176. The molecule has 0 radical (unpaired) electrons. The van der Waals surface area contributed by atoms with E-state index in [0.29, 0.717) is 0 Å². The third-order valence-electron chi connectivity index (χ3n) is 6.14. The zero-order valence-electron chi connectivity index (χ0n) is 11.5. The summed E-state index contributed by atoms with van der Waals surface area (Å²) in [7, 11) is 0. The molecular weight excluding hydrogens is 204 g/mol. The van der Waals surface area contributed by atoms with Crippen LogP contribution in [0, 0.1) is 23.7 Å². The van der Waals surface area contributed by atoms with Crippen molar-refractivity contribution >= 4 is 0 Å². The molecular formula is C17H30. The minimum absolute atomic E-state index is 1.14. The highest BCUT2D eigenvalue weighted by Gasteiger charge is 2.26. The Morgan fingerprint density at radius 3 is 0.824 bits per heavy atom.